The standard InChI is InChI=1S/C20H21FN4O3/c1-25(12-14-7-9-15(21)10-8-14)13-20-23-18(24-28-20)11-19(26)22-16-5-3-4-6-17(16)27-2/h3-10H,11-13H2,1-2H3,(H,22,26). The fraction of sp³-hybridized carbons (Fsp3) is 0.250. The van der Waals surface area contributed by atoms with Gasteiger partial charge in [0.2, 0.25) is 11.8 Å². The molecule has 0 bridgehead atoms. The van der Waals surface area contributed by atoms with Crippen molar-refractivity contribution in [2.24, 2.45) is 0 Å². The van der Waals surface area contributed by atoms with E-state index in [1.54, 1.807) is 31.4 Å². The summed E-state index contributed by atoms with van der Waals surface area (Å²) in [5, 5.41) is 6.63. The summed E-state index contributed by atoms with van der Waals surface area (Å²) in [5.41, 5.74) is 1.55. The molecule has 0 atom stereocenters. The summed E-state index contributed by atoms with van der Waals surface area (Å²) in [6.45, 7) is 1.02. The number of ether oxygens (including phenoxy) is 1. The Morgan fingerprint density at radius 2 is 1.93 bits per heavy atom. The number of methoxy groups -OCH3 is 1. The highest BCUT2D eigenvalue weighted by Crippen LogP contribution is 2.23. The molecule has 0 saturated heterocycles. The van der Waals surface area contributed by atoms with Gasteiger partial charge in [0.15, 0.2) is 5.82 Å². The zero-order valence-corrected chi connectivity index (χ0v) is 15.7. The third-order valence-corrected chi connectivity index (χ3v) is 3.98. The molecule has 0 spiro atoms. The molecule has 7 nitrogen and oxygen atoms in total. The van der Waals surface area contributed by atoms with Gasteiger partial charge in [-0.15, -0.1) is 0 Å². The van der Waals surface area contributed by atoms with E-state index in [2.05, 4.69) is 15.5 Å². The summed E-state index contributed by atoms with van der Waals surface area (Å²) in [4.78, 5) is 18.4. The number of carbonyl (C=O) groups excluding carboxylic acids is 1. The van der Waals surface area contributed by atoms with Crippen LogP contribution in [0.3, 0.4) is 0 Å². The molecule has 0 aliphatic heterocycles. The first-order valence-electron chi connectivity index (χ1n) is 8.71. The Morgan fingerprint density at radius 1 is 1.18 bits per heavy atom. The van der Waals surface area contributed by atoms with E-state index < -0.39 is 0 Å². The molecule has 0 fully saturated rings. The number of nitrogens with zero attached hydrogens (tertiary/aromatic N) is 3. The van der Waals surface area contributed by atoms with Crippen molar-refractivity contribution in [3.05, 3.63) is 71.6 Å². The number of benzene rings is 2. The number of amides is 1. The molecule has 1 aromatic heterocycles. The van der Waals surface area contributed by atoms with Crippen molar-refractivity contribution in [1.29, 1.82) is 0 Å². The molecule has 2 aromatic carbocycles. The second kappa shape index (κ2) is 9.09. The molecule has 0 saturated carbocycles. The van der Waals surface area contributed by atoms with Crippen LogP contribution in [0.4, 0.5) is 10.1 Å². The zero-order chi connectivity index (χ0) is 19.9. The molecule has 1 N–H and O–H groups in total. The van der Waals surface area contributed by atoms with Crippen LogP contribution in [0.1, 0.15) is 17.3 Å². The molecule has 28 heavy (non-hydrogen) atoms. The quantitative estimate of drug-likeness (QED) is 0.643. The van der Waals surface area contributed by atoms with Crippen molar-refractivity contribution in [2.75, 3.05) is 19.5 Å². The van der Waals surface area contributed by atoms with Crippen molar-refractivity contribution >= 4 is 11.6 Å². The fourth-order valence-electron chi connectivity index (χ4n) is 2.70. The average molecular weight is 384 g/mol. The second-order valence-electron chi connectivity index (χ2n) is 6.33. The van der Waals surface area contributed by atoms with Gasteiger partial charge in [0, 0.05) is 6.54 Å². The largest absolute Gasteiger partial charge is 0.495 e. The minimum Gasteiger partial charge on any atom is -0.495 e. The molecule has 0 aliphatic carbocycles. The van der Waals surface area contributed by atoms with Crippen LogP contribution < -0.4 is 10.1 Å². The zero-order valence-electron chi connectivity index (χ0n) is 15.7. The van der Waals surface area contributed by atoms with Gasteiger partial charge in [-0.2, -0.15) is 4.98 Å². The van der Waals surface area contributed by atoms with Crippen molar-refractivity contribution < 1.29 is 18.4 Å². The maximum atomic E-state index is 13.0. The minimum atomic E-state index is -0.267. The van der Waals surface area contributed by atoms with E-state index in [-0.39, 0.29) is 18.1 Å². The van der Waals surface area contributed by atoms with Crippen LogP contribution in [-0.4, -0.2) is 35.1 Å². The first-order valence-corrected chi connectivity index (χ1v) is 8.71. The highest BCUT2D eigenvalue weighted by molar-refractivity contribution is 5.93. The maximum absolute atomic E-state index is 13.0. The smallest absolute Gasteiger partial charge is 0.240 e. The predicted octanol–water partition coefficient (Wildman–Crippen LogP) is 3.03. The maximum Gasteiger partial charge on any atom is 0.240 e. The number of aromatic nitrogens is 2. The normalized spacial score (nSPS) is 10.9. The minimum absolute atomic E-state index is 0.0107. The van der Waals surface area contributed by atoms with Crippen molar-refractivity contribution in [3.8, 4) is 5.75 Å². The van der Waals surface area contributed by atoms with Gasteiger partial charge < -0.3 is 14.6 Å². The summed E-state index contributed by atoms with van der Waals surface area (Å²) in [6.07, 6.45) is -0.0107. The molecule has 1 heterocycles. The number of carbonyl (C=O) groups is 1. The number of hydrogen-bond acceptors (Lipinski definition) is 6. The number of nitrogens with one attached hydrogen (secondary N) is 1. The number of rotatable bonds is 8. The number of halogens is 1. The lowest BCUT2D eigenvalue weighted by Crippen LogP contribution is -2.18. The first kappa shape index (κ1) is 19.5. The Balaban J connectivity index is 1.53. The average Bonchev–Trinajstić information content (AvgIpc) is 3.10. The van der Waals surface area contributed by atoms with Gasteiger partial charge >= 0.3 is 0 Å². The Hall–Kier alpha value is -3.26. The van der Waals surface area contributed by atoms with Gasteiger partial charge in [-0.25, -0.2) is 4.39 Å². The summed E-state index contributed by atoms with van der Waals surface area (Å²) in [6, 6.07) is 13.5. The highest BCUT2D eigenvalue weighted by atomic mass is 19.1. The Labute approximate surface area is 162 Å². The van der Waals surface area contributed by atoms with Gasteiger partial charge in [0.05, 0.1) is 25.8 Å². The van der Waals surface area contributed by atoms with Gasteiger partial charge in [0.25, 0.3) is 0 Å². The topological polar surface area (TPSA) is 80.5 Å². The Kier molecular flexibility index (Phi) is 6.33. The van der Waals surface area contributed by atoms with Crippen LogP contribution in [0.2, 0.25) is 0 Å². The summed E-state index contributed by atoms with van der Waals surface area (Å²) >= 11 is 0. The third kappa shape index (κ3) is 5.37. The lowest BCUT2D eigenvalue weighted by Gasteiger charge is -2.13. The molecule has 3 aromatic rings. The number of hydrogen-bond donors (Lipinski definition) is 1. The molecule has 8 heteroatoms. The van der Waals surface area contributed by atoms with E-state index >= 15 is 0 Å². The van der Waals surface area contributed by atoms with Crippen LogP contribution in [0.5, 0.6) is 5.75 Å². The molecule has 1 amide bonds. The van der Waals surface area contributed by atoms with E-state index in [4.69, 9.17) is 9.26 Å². The van der Waals surface area contributed by atoms with E-state index in [9.17, 15) is 9.18 Å². The van der Waals surface area contributed by atoms with Crippen LogP contribution in [0.15, 0.2) is 53.1 Å². The Morgan fingerprint density at radius 3 is 2.68 bits per heavy atom. The number of para-hydroxylation sites is 2. The van der Waals surface area contributed by atoms with Crippen molar-refractivity contribution in [3.63, 3.8) is 0 Å². The molecular weight excluding hydrogens is 363 g/mol. The van der Waals surface area contributed by atoms with Crippen LogP contribution in [0.25, 0.3) is 0 Å². The summed E-state index contributed by atoms with van der Waals surface area (Å²) in [7, 11) is 3.43. The first-order chi connectivity index (χ1) is 13.5. The molecular formula is C20H21FN4O3. The van der Waals surface area contributed by atoms with E-state index in [1.807, 2.05) is 24.1 Å². The second-order valence-corrected chi connectivity index (χ2v) is 6.33. The molecule has 0 unspecified atom stereocenters. The van der Waals surface area contributed by atoms with Crippen molar-refractivity contribution in [2.45, 2.75) is 19.5 Å². The van der Waals surface area contributed by atoms with Gasteiger partial charge in [-0.1, -0.05) is 29.4 Å². The predicted molar refractivity (Wildman–Crippen MR) is 101 cm³/mol. The van der Waals surface area contributed by atoms with Gasteiger partial charge in [-0.05, 0) is 36.9 Å². The van der Waals surface area contributed by atoms with Gasteiger partial charge in [0.1, 0.15) is 11.6 Å². The highest BCUT2D eigenvalue weighted by Gasteiger charge is 2.14. The van der Waals surface area contributed by atoms with Crippen LogP contribution >= 0.6 is 0 Å². The summed E-state index contributed by atoms with van der Waals surface area (Å²) in [5.74, 6) is 0.755. The lowest BCUT2D eigenvalue weighted by molar-refractivity contribution is -0.115. The SMILES string of the molecule is COc1ccccc1NC(=O)Cc1noc(CN(C)Cc2ccc(F)cc2)n1. The van der Waals surface area contributed by atoms with Crippen LogP contribution in [0, 0.1) is 5.82 Å². The van der Waals surface area contributed by atoms with Crippen molar-refractivity contribution in [1.82, 2.24) is 15.0 Å². The molecule has 0 radical (unpaired) electrons. The van der Waals surface area contributed by atoms with Gasteiger partial charge in [-0.3, -0.25) is 9.69 Å². The van der Waals surface area contributed by atoms with Crippen LogP contribution in [-0.2, 0) is 24.3 Å². The molecule has 3 rings (SSSR count). The fourth-order valence-corrected chi connectivity index (χ4v) is 2.70. The van der Waals surface area contributed by atoms with E-state index in [0.717, 1.165) is 5.56 Å². The lowest BCUT2D eigenvalue weighted by atomic mass is 10.2. The third-order valence-electron chi connectivity index (χ3n) is 3.98. The Bertz CT molecular complexity index is 927. The monoisotopic (exact) mass is 384 g/mol. The molecule has 0 aliphatic rings. The van der Waals surface area contributed by atoms with E-state index in [1.165, 1.54) is 12.1 Å². The van der Waals surface area contributed by atoms with E-state index in [0.29, 0.717) is 36.2 Å². The summed E-state index contributed by atoms with van der Waals surface area (Å²) < 4.78 is 23.4. The number of anilines is 1. The molecule has 146 valence electrons.